The van der Waals surface area contributed by atoms with Crippen molar-refractivity contribution in [3.63, 3.8) is 0 Å². The molecule has 0 amide bonds. The van der Waals surface area contributed by atoms with Gasteiger partial charge in [0.2, 0.25) is 0 Å². The van der Waals surface area contributed by atoms with Crippen LogP contribution in [0.15, 0.2) is 35.9 Å². The third kappa shape index (κ3) is 10.6. The van der Waals surface area contributed by atoms with E-state index in [2.05, 4.69) is 74.4 Å². The number of fused-ring (bicyclic) bond motifs is 1. The van der Waals surface area contributed by atoms with E-state index in [4.69, 9.17) is 9.53 Å². The molecular formula is C44H64F2O2. The number of hydrogen-bond acceptors (Lipinski definition) is 2. The van der Waals surface area contributed by atoms with Gasteiger partial charge < -0.3 is 9.53 Å². The average Bonchev–Trinajstić information content (AvgIpc) is 3.01. The lowest BCUT2D eigenvalue weighted by Gasteiger charge is -2.39. The Kier molecular flexibility index (Phi) is 15.1. The Hall–Kier alpha value is -2.75. The molecule has 0 aromatic heterocycles. The van der Waals surface area contributed by atoms with E-state index in [0.29, 0.717) is 12.0 Å². The lowest BCUT2D eigenvalue weighted by molar-refractivity contribution is -0.106. The molecule has 1 aliphatic heterocycles. The number of rotatable bonds is 14. The van der Waals surface area contributed by atoms with E-state index in [1.807, 2.05) is 6.07 Å². The van der Waals surface area contributed by atoms with Gasteiger partial charge in [-0.15, -0.1) is 0 Å². The van der Waals surface area contributed by atoms with Gasteiger partial charge in [0.15, 0.2) is 0 Å². The minimum absolute atomic E-state index is 0.133. The molecule has 0 radical (unpaired) electrons. The summed E-state index contributed by atoms with van der Waals surface area (Å²) in [6.45, 7) is 22.0. The van der Waals surface area contributed by atoms with Gasteiger partial charge in [-0.3, -0.25) is 0 Å². The van der Waals surface area contributed by atoms with Crippen LogP contribution >= 0.6 is 0 Å². The van der Waals surface area contributed by atoms with Gasteiger partial charge in [0.05, 0.1) is 0 Å². The van der Waals surface area contributed by atoms with Crippen molar-refractivity contribution in [1.82, 2.24) is 0 Å². The minimum Gasteiger partial charge on any atom is -0.487 e. The summed E-state index contributed by atoms with van der Waals surface area (Å²) in [5.41, 5.74) is 9.88. The van der Waals surface area contributed by atoms with Gasteiger partial charge in [0, 0.05) is 12.5 Å². The summed E-state index contributed by atoms with van der Waals surface area (Å²) in [5.74, 6) is 2.70. The van der Waals surface area contributed by atoms with E-state index in [1.165, 1.54) is 91.7 Å². The highest BCUT2D eigenvalue weighted by molar-refractivity contribution is 5.82. The van der Waals surface area contributed by atoms with E-state index in [-0.39, 0.29) is 17.8 Å². The molecule has 0 fully saturated rings. The third-order valence-electron chi connectivity index (χ3n) is 10.9. The maximum Gasteiger partial charge on any atom is 0.129 e. The first-order valence-corrected chi connectivity index (χ1v) is 18.8. The summed E-state index contributed by atoms with van der Waals surface area (Å²) < 4.78 is 35.4. The molecule has 3 atom stereocenters. The Balaban J connectivity index is 0.00000201. The van der Waals surface area contributed by atoms with E-state index in [0.717, 1.165) is 66.3 Å². The Morgan fingerprint density at radius 3 is 2.04 bits per heavy atom. The fourth-order valence-electron chi connectivity index (χ4n) is 7.72. The highest BCUT2D eigenvalue weighted by atomic mass is 19.1. The first kappa shape index (κ1) is 39.7. The van der Waals surface area contributed by atoms with Crippen LogP contribution in [0.2, 0.25) is 0 Å². The molecule has 1 aliphatic carbocycles. The van der Waals surface area contributed by atoms with Crippen molar-refractivity contribution >= 4 is 11.9 Å². The Morgan fingerprint density at radius 2 is 1.44 bits per heavy atom. The molecule has 0 saturated carbocycles. The van der Waals surface area contributed by atoms with Crippen LogP contribution in [0, 0.1) is 45.4 Å². The highest BCUT2D eigenvalue weighted by Gasteiger charge is 2.34. The van der Waals surface area contributed by atoms with Gasteiger partial charge in [-0.1, -0.05) is 84.8 Å². The number of benzene rings is 2. The van der Waals surface area contributed by atoms with E-state index >= 15 is 0 Å². The fourth-order valence-corrected chi connectivity index (χ4v) is 7.72. The summed E-state index contributed by atoms with van der Waals surface area (Å²) in [4.78, 5) is 8.81. The molecular weight excluding hydrogens is 598 g/mol. The third-order valence-corrected chi connectivity index (χ3v) is 10.9. The largest absolute Gasteiger partial charge is 0.487 e. The van der Waals surface area contributed by atoms with Gasteiger partial charge in [-0.2, -0.15) is 0 Å². The molecule has 0 bridgehead atoms. The van der Waals surface area contributed by atoms with Crippen LogP contribution in [0.4, 0.5) is 8.78 Å². The van der Waals surface area contributed by atoms with Crippen LogP contribution in [0.1, 0.15) is 152 Å². The van der Waals surface area contributed by atoms with Crippen LogP contribution in [0.25, 0.3) is 16.7 Å². The van der Waals surface area contributed by atoms with Crippen molar-refractivity contribution in [3.05, 3.63) is 69.3 Å². The average molecular weight is 663 g/mol. The van der Waals surface area contributed by atoms with E-state index in [9.17, 15) is 8.78 Å². The molecule has 266 valence electrons. The zero-order valence-electron chi connectivity index (χ0n) is 31.9. The topological polar surface area (TPSA) is 26.3 Å². The molecule has 0 spiro atoms. The number of aldehydes is 1. The molecule has 0 N–H and O–H groups in total. The zero-order chi connectivity index (χ0) is 35.6. The normalized spacial score (nSPS) is 18.8. The molecule has 48 heavy (non-hydrogen) atoms. The Labute approximate surface area is 291 Å². The Morgan fingerprint density at radius 1 is 0.833 bits per heavy atom. The zero-order valence-corrected chi connectivity index (χ0v) is 31.9. The molecule has 2 aliphatic rings. The number of ether oxygens (including phenoxy) is 1. The molecule has 1 heterocycles. The molecule has 2 aromatic rings. The van der Waals surface area contributed by atoms with Crippen molar-refractivity contribution in [2.24, 2.45) is 17.8 Å². The quantitative estimate of drug-likeness (QED) is 0.188. The second kappa shape index (κ2) is 18.3. The lowest BCUT2D eigenvalue weighted by atomic mass is 9.80. The number of hydrogen-bond donors (Lipinski definition) is 0. The maximum absolute atomic E-state index is 14.8. The molecule has 4 rings (SSSR count). The summed E-state index contributed by atoms with van der Waals surface area (Å²) in [6.07, 6.45) is 16.3. The minimum atomic E-state index is -0.451. The number of carbonyl (C=O) groups excluding carboxylic acids is 1. The molecule has 2 aromatic carbocycles. The number of halogens is 2. The van der Waals surface area contributed by atoms with E-state index in [1.54, 1.807) is 0 Å². The predicted octanol–water partition coefficient (Wildman–Crippen LogP) is 13.6. The van der Waals surface area contributed by atoms with Crippen molar-refractivity contribution in [3.8, 4) is 16.9 Å². The molecule has 3 unspecified atom stereocenters. The second-order valence-electron chi connectivity index (χ2n) is 15.7. The van der Waals surface area contributed by atoms with Gasteiger partial charge in [0.1, 0.15) is 29.3 Å². The van der Waals surface area contributed by atoms with Gasteiger partial charge in [-0.05, 0) is 148 Å². The van der Waals surface area contributed by atoms with Gasteiger partial charge >= 0.3 is 0 Å². The smallest absolute Gasteiger partial charge is 0.129 e. The summed E-state index contributed by atoms with van der Waals surface area (Å²) in [7, 11) is 0. The van der Waals surface area contributed by atoms with Crippen LogP contribution in [-0.4, -0.2) is 11.9 Å². The SMILES string of the molecule is CC=O.Cc1ccc(C2=C(F)C=C(F)CC2)cc1-c1c(C)c(C)c2c(c1C)CCC(C)(CCCC(C)CCCC(C)CCCC(C)C)O2. The van der Waals surface area contributed by atoms with Crippen molar-refractivity contribution in [2.75, 3.05) is 0 Å². The van der Waals surface area contributed by atoms with E-state index < -0.39 is 5.83 Å². The molecule has 2 nitrogen and oxygen atoms in total. The maximum atomic E-state index is 14.8. The highest BCUT2D eigenvalue weighted by Crippen LogP contribution is 2.46. The first-order valence-electron chi connectivity index (χ1n) is 18.8. The Bertz CT molecular complexity index is 1450. The van der Waals surface area contributed by atoms with Crippen LogP contribution in [0.3, 0.4) is 0 Å². The van der Waals surface area contributed by atoms with Gasteiger partial charge in [0.25, 0.3) is 0 Å². The van der Waals surface area contributed by atoms with Crippen molar-refractivity contribution < 1.29 is 18.3 Å². The van der Waals surface area contributed by atoms with Crippen LogP contribution in [-0.2, 0) is 11.2 Å². The number of allylic oxidation sites excluding steroid dienone is 4. The first-order chi connectivity index (χ1) is 22.7. The molecule has 4 heteroatoms. The second-order valence-corrected chi connectivity index (χ2v) is 15.7. The predicted molar refractivity (Wildman–Crippen MR) is 201 cm³/mol. The standard InChI is InChI=1S/C42H60F2O.C2H4O/c1-27(2)13-10-14-28(3)15-11-16-29(4)17-12-23-42(9)24-22-36-33(8)40(31(6)32(7)41(36)45-42)38-25-34(19-18-30(38)5)37-21-20-35(43)26-39(37)44;1-2-3/h18-19,25-29H,10-17,20-24H2,1-9H3;2H,1H3. The summed E-state index contributed by atoms with van der Waals surface area (Å²) in [6, 6.07) is 6.17. The van der Waals surface area contributed by atoms with Crippen molar-refractivity contribution in [2.45, 2.75) is 158 Å². The van der Waals surface area contributed by atoms with Crippen molar-refractivity contribution in [1.29, 1.82) is 0 Å². The fraction of sp³-hybridized carbons (Fsp3) is 0.614. The van der Waals surface area contributed by atoms with Gasteiger partial charge in [-0.25, -0.2) is 8.78 Å². The molecule has 0 saturated heterocycles. The van der Waals surface area contributed by atoms with Crippen LogP contribution in [0.5, 0.6) is 5.75 Å². The number of carbonyl (C=O) groups is 1. The summed E-state index contributed by atoms with van der Waals surface area (Å²) >= 11 is 0. The monoisotopic (exact) mass is 662 g/mol. The van der Waals surface area contributed by atoms with Crippen LogP contribution < -0.4 is 4.74 Å². The lowest BCUT2D eigenvalue weighted by Crippen LogP contribution is -2.37. The summed E-state index contributed by atoms with van der Waals surface area (Å²) in [5, 5.41) is 0. The number of aryl methyl sites for hydroxylation is 1.